The van der Waals surface area contributed by atoms with Gasteiger partial charge in [0.2, 0.25) is 0 Å². The Morgan fingerprint density at radius 2 is 1.62 bits per heavy atom. The lowest BCUT2D eigenvalue weighted by atomic mass is 10.1. The van der Waals surface area contributed by atoms with E-state index in [1.165, 1.54) is 0 Å². The van der Waals surface area contributed by atoms with Crippen LogP contribution in [0.2, 0.25) is 0 Å². The van der Waals surface area contributed by atoms with E-state index in [9.17, 15) is 4.79 Å². The summed E-state index contributed by atoms with van der Waals surface area (Å²) in [6.07, 6.45) is 0.421. The van der Waals surface area contributed by atoms with E-state index in [2.05, 4.69) is 0 Å². The Hall–Kier alpha value is 0.582. The first-order valence-electron chi connectivity index (χ1n) is 4.55. The van der Waals surface area contributed by atoms with E-state index < -0.39 is 11.4 Å². The molecular formula is C10H11AlCl4O. The monoisotopic (exact) mass is 314 g/mol. The third-order valence-electron chi connectivity index (χ3n) is 1.70. The zero-order valence-electron chi connectivity index (χ0n) is 8.72. The summed E-state index contributed by atoms with van der Waals surface area (Å²) in [5, 5.41) is 0. The summed E-state index contributed by atoms with van der Waals surface area (Å²) in [5.74, 6) is 0.511. The van der Waals surface area contributed by atoms with Crippen molar-refractivity contribution < 1.29 is 4.79 Å². The van der Waals surface area contributed by atoms with Gasteiger partial charge in [-0.3, -0.25) is 4.79 Å². The van der Waals surface area contributed by atoms with Crippen LogP contribution < -0.4 is 0 Å². The van der Waals surface area contributed by atoms with Gasteiger partial charge >= 0.3 is 11.4 Å². The van der Waals surface area contributed by atoms with Crippen molar-refractivity contribution in [1.82, 2.24) is 0 Å². The van der Waals surface area contributed by atoms with Gasteiger partial charge in [-0.25, -0.2) is 30.1 Å². The van der Waals surface area contributed by atoms with E-state index in [1.54, 1.807) is 0 Å². The Morgan fingerprint density at radius 3 is 2.00 bits per heavy atom. The number of aryl methyl sites for hydroxylation is 1. The van der Waals surface area contributed by atoms with Crippen LogP contribution in [0.3, 0.4) is 0 Å². The molecule has 0 N–H and O–H groups in total. The predicted molar refractivity (Wildman–Crippen MR) is 74.2 cm³/mol. The van der Waals surface area contributed by atoms with Crippen LogP contribution in [0.25, 0.3) is 0 Å². The predicted octanol–water partition coefficient (Wildman–Crippen LogP) is 4.49. The number of benzene rings is 1. The summed E-state index contributed by atoms with van der Waals surface area (Å²) in [5.41, 5.74) is 1.92. The number of halogens is 4. The van der Waals surface area contributed by atoms with Gasteiger partial charge in [-0.2, -0.15) is 0 Å². The van der Waals surface area contributed by atoms with Crippen molar-refractivity contribution in [2.75, 3.05) is 5.88 Å². The number of carbonyl (C=O) groups is 1. The van der Waals surface area contributed by atoms with Crippen LogP contribution in [0.15, 0.2) is 24.3 Å². The second kappa shape index (κ2) is 9.60. The maximum Gasteiger partial charge on any atom is 0.643 e. The molecule has 1 aromatic carbocycles. The molecule has 0 atom stereocenters. The highest BCUT2D eigenvalue weighted by Gasteiger charge is 2.02. The summed E-state index contributed by atoms with van der Waals surface area (Å²) in [4.78, 5) is 11.3. The number of rotatable bonds is 3. The first kappa shape index (κ1) is 16.6. The molecule has 0 saturated heterocycles. The SMILES string of the molecule is Cc1ccc(C(=O)CCCl)cc1.[Cl][Al]([Cl])[Cl]. The van der Waals surface area contributed by atoms with E-state index >= 15 is 0 Å². The van der Waals surface area contributed by atoms with Crippen LogP contribution >= 0.6 is 41.7 Å². The van der Waals surface area contributed by atoms with Gasteiger partial charge in [0, 0.05) is 17.9 Å². The largest absolute Gasteiger partial charge is 0.643 e. The van der Waals surface area contributed by atoms with Crippen LogP contribution in [-0.4, -0.2) is 23.0 Å². The molecule has 0 amide bonds. The normalized spacial score (nSPS) is 9.06. The Balaban J connectivity index is 0.000000487. The van der Waals surface area contributed by atoms with Crippen molar-refractivity contribution >= 4 is 58.9 Å². The lowest BCUT2D eigenvalue weighted by Gasteiger charge is -1.98. The molecule has 0 bridgehead atoms. The van der Waals surface area contributed by atoms with Gasteiger partial charge in [0.1, 0.15) is 0 Å². The van der Waals surface area contributed by atoms with Gasteiger partial charge in [0.15, 0.2) is 5.78 Å². The number of hydrogen-bond acceptors (Lipinski definition) is 1. The zero-order chi connectivity index (χ0) is 12.6. The number of ketones is 1. The van der Waals surface area contributed by atoms with Crippen molar-refractivity contribution in [3.05, 3.63) is 35.4 Å². The molecule has 88 valence electrons. The van der Waals surface area contributed by atoms with E-state index in [-0.39, 0.29) is 5.78 Å². The average molecular weight is 316 g/mol. The average Bonchev–Trinajstić information content (AvgIpc) is 2.18. The molecule has 0 spiro atoms. The number of carbonyl (C=O) groups excluding carboxylic acids is 1. The van der Waals surface area contributed by atoms with Gasteiger partial charge in [-0.05, 0) is 6.92 Å². The molecule has 0 aliphatic heterocycles. The zero-order valence-corrected chi connectivity index (χ0v) is 12.9. The van der Waals surface area contributed by atoms with Crippen molar-refractivity contribution in [3.8, 4) is 0 Å². The lowest BCUT2D eigenvalue weighted by Crippen LogP contribution is -1.98. The minimum absolute atomic E-state index is 0.116. The van der Waals surface area contributed by atoms with Crippen LogP contribution in [-0.2, 0) is 0 Å². The quantitative estimate of drug-likeness (QED) is 0.456. The fraction of sp³-hybridized carbons (Fsp3) is 0.300. The number of hydrogen-bond donors (Lipinski definition) is 0. The van der Waals surface area contributed by atoms with Crippen molar-refractivity contribution in [2.45, 2.75) is 13.3 Å². The molecule has 0 aromatic heterocycles. The first-order chi connectivity index (χ1) is 7.47. The van der Waals surface area contributed by atoms with Crippen LogP contribution in [0.1, 0.15) is 22.3 Å². The van der Waals surface area contributed by atoms with E-state index in [4.69, 9.17) is 41.7 Å². The summed E-state index contributed by atoms with van der Waals surface area (Å²) in [6.45, 7) is 2.00. The molecule has 16 heavy (non-hydrogen) atoms. The molecule has 1 rings (SSSR count). The van der Waals surface area contributed by atoms with Gasteiger partial charge < -0.3 is 0 Å². The number of Topliss-reactive ketones (excluding diaryl/α,β-unsaturated/α-hetero) is 1. The maximum absolute atomic E-state index is 11.3. The van der Waals surface area contributed by atoms with E-state index in [0.717, 1.165) is 11.1 Å². The molecule has 0 radical (unpaired) electrons. The summed E-state index contributed by atoms with van der Waals surface area (Å²) < 4.78 is 0. The Morgan fingerprint density at radius 1 is 1.19 bits per heavy atom. The van der Waals surface area contributed by atoms with Crippen molar-refractivity contribution in [2.24, 2.45) is 0 Å². The first-order valence-corrected chi connectivity index (χ1v) is 10.3. The maximum atomic E-state index is 11.3. The van der Waals surface area contributed by atoms with Crippen molar-refractivity contribution in [3.63, 3.8) is 0 Å². The second-order valence-electron chi connectivity index (χ2n) is 2.98. The third kappa shape index (κ3) is 8.70. The van der Waals surface area contributed by atoms with Crippen LogP contribution in [0, 0.1) is 6.92 Å². The fourth-order valence-electron chi connectivity index (χ4n) is 0.970. The highest BCUT2D eigenvalue weighted by molar-refractivity contribution is 7.54. The molecule has 1 aromatic rings. The molecule has 0 aliphatic rings. The minimum atomic E-state index is -1.72. The van der Waals surface area contributed by atoms with Gasteiger partial charge in [0.25, 0.3) is 0 Å². The molecule has 0 heterocycles. The second-order valence-corrected chi connectivity index (χ2v) is 9.79. The third-order valence-corrected chi connectivity index (χ3v) is 1.88. The summed E-state index contributed by atoms with van der Waals surface area (Å²) >= 11 is 3.73. The Bertz CT molecular complexity index is 310. The van der Waals surface area contributed by atoms with Gasteiger partial charge in [-0.15, -0.1) is 11.6 Å². The highest BCUT2D eigenvalue weighted by Crippen LogP contribution is 2.06. The van der Waals surface area contributed by atoms with Gasteiger partial charge in [0.05, 0.1) is 0 Å². The molecule has 0 aliphatic carbocycles. The minimum Gasteiger partial charge on any atom is -0.294 e. The topological polar surface area (TPSA) is 17.1 Å². The van der Waals surface area contributed by atoms with E-state index in [0.29, 0.717) is 12.3 Å². The standard InChI is InChI=1S/C10H11ClO.Al.3ClH/c1-8-2-4-9(5-3-8)10(12)6-7-11;;;;/h2-5H,6-7H2,1H3;;3*1H/q;+3;;;/p-3. The van der Waals surface area contributed by atoms with Crippen LogP contribution in [0.4, 0.5) is 0 Å². The summed E-state index contributed by atoms with van der Waals surface area (Å²) in [6, 6.07) is 7.54. The molecule has 0 unspecified atom stereocenters. The Labute approximate surface area is 118 Å². The fourth-order valence-corrected chi connectivity index (χ4v) is 1.14. The van der Waals surface area contributed by atoms with Crippen LogP contribution in [0.5, 0.6) is 0 Å². The molecule has 0 saturated carbocycles. The summed E-state index contributed by atoms with van der Waals surface area (Å²) in [7, 11) is 14.8. The smallest absolute Gasteiger partial charge is 0.294 e. The lowest BCUT2D eigenvalue weighted by molar-refractivity contribution is 0.0989. The van der Waals surface area contributed by atoms with Crippen molar-refractivity contribution in [1.29, 1.82) is 0 Å². The van der Waals surface area contributed by atoms with E-state index in [1.807, 2.05) is 31.2 Å². The van der Waals surface area contributed by atoms with Gasteiger partial charge in [-0.1, -0.05) is 29.8 Å². The highest BCUT2D eigenvalue weighted by atomic mass is 35.8. The molecule has 0 fully saturated rings. The Kier molecular flexibility index (Phi) is 9.95. The molecular weight excluding hydrogens is 305 g/mol. The molecule has 1 nitrogen and oxygen atoms in total. The number of alkyl halides is 1. The molecule has 6 heteroatoms.